The summed E-state index contributed by atoms with van der Waals surface area (Å²) < 4.78 is 5.61. The molecule has 2 aromatic rings. The van der Waals surface area contributed by atoms with Crippen LogP contribution in [0.5, 0.6) is 5.75 Å². The van der Waals surface area contributed by atoms with Crippen LogP contribution in [-0.4, -0.2) is 17.7 Å². The number of rotatable bonds is 5. The quantitative estimate of drug-likeness (QED) is 0.803. The van der Waals surface area contributed by atoms with Crippen LogP contribution >= 0.6 is 0 Å². The molecule has 0 amide bonds. The highest BCUT2D eigenvalue weighted by atomic mass is 16.5. The Bertz CT molecular complexity index is 514. The summed E-state index contributed by atoms with van der Waals surface area (Å²) in [6.07, 6.45) is 0.670. The largest absolute Gasteiger partial charge is 0.493 e. The minimum absolute atomic E-state index is 0.144. The lowest BCUT2D eigenvalue weighted by Crippen LogP contribution is -2.02. The first kappa shape index (κ1) is 11.5. The van der Waals surface area contributed by atoms with Crippen molar-refractivity contribution in [3.8, 4) is 5.75 Å². The number of hydrogen-bond donors (Lipinski definition) is 1. The maximum absolute atomic E-state index is 10.4. The van der Waals surface area contributed by atoms with Gasteiger partial charge in [0.2, 0.25) is 0 Å². The summed E-state index contributed by atoms with van der Waals surface area (Å²) in [5.41, 5.74) is 0. The van der Waals surface area contributed by atoms with E-state index >= 15 is 0 Å². The summed E-state index contributed by atoms with van der Waals surface area (Å²) in [4.78, 5) is 10.4. The minimum atomic E-state index is -0.786. The van der Waals surface area contributed by atoms with E-state index in [1.807, 2.05) is 42.5 Å². The number of ether oxygens (including phenoxy) is 1. The van der Waals surface area contributed by atoms with E-state index in [0.29, 0.717) is 13.0 Å². The van der Waals surface area contributed by atoms with Crippen LogP contribution in [0, 0.1) is 0 Å². The van der Waals surface area contributed by atoms with Crippen molar-refractivity contribution in [3.05, 3.63) is 42.5 Å². The molecule has 0 saturated carbocycles. The second-order valence-electron chi connectivity index (χ2n) is 3.82. The van der Waals surface area contributed by atoms with Gasteiger partial charge in [0.1, 0.15) is 5.75 Å². The molecule has 1 N–H and O–H groups in total. The average molecular weight is 230 g/mol. The summed E-state index contributed by atoms with van der Waals surface area (Å²) in [6.45, 7) is 0.431. The van der Waals surface area contributed by atoms with Crippen LogP contribution in [0.1, 0.15) is 12.8 Å². The monoisotopic (exact) mass is 230 g/mol. The van der Waals surface area contributed by atoms with E-state index in [2.05, 4.69) is 0 Å². The first-order chi connectivity index (χ1) is 8.27. The van der Waals surface area contributed by atoms with E-state index in [1.165, 1.54) is 0 Å². The van der Waals surface area contributed by atoms with Gasteiger partial charge in [-0.25, -0.2) is 0 Å². The Morgan fingerprint density at radius 1 is 1.12 bits per heavy atom. The molecule has 0 heterocycles. The van der Waals surface area contributed by atoms with Crippen LogP contribution in [0.2, 0.25) is 0 Å². The first-order valence-electron chi connectivity index (χ1n) is 5.60. The molecule has 0 spiro atoms. The van der Waals surface area contributed by atoms with Crippen molar-refractivity contribution in [1.29, 1.82) is 0 Å². The Kier molecular flexibility index (Phi) is 3.60. The number of carboxylic acid groups (broad SMARTS) is 1. The zero-order valence-electron chi connectivity index (χ0n) is 9.43. The predicted molar refractivity (Wildman–Crippen MR) is 66.3 cm³/mol. The molecule has 0 atom stereocenters. The van der Waals surface area contributed by atoms with Gasteiger partial charge in [0.15, 0.2) is 0 Å². The van der Waals surface area contributed by atoms with Crippen molar-refractivity contribution in [3.63, 3.8) is 0 Å². The summed E-state index contributed by atoms with van der Waals surface area (Å²) in [7, 11) is 0. The molecule has 3 nitrogen and oxygen atoms in total. The molecule has 0 aliphatic heterocycles. The fourth-order valence-electron chi connectivity index (χ4n) is 1.73. The second-order valence-corrected chi connectivity index (χ2v) is 3.82. The van der Waals surface area contributed by atoms with E-state index in [4.69, 9.17) is 9.84 Å². The normalized spacial score (nSPS) is 10.4. The van der Waals surface area contributed by atoms with E-state index in [1.54, 1.807) is 0 Å². The van der Waals surface area contributed by atoms with Crippen LogP contribution in [0.15, 0.2) is 42.5 Å². The summed E-state index contributed by atoms with van der Waals surface area (Å²) in [6, 6.07) is 13.8. The maximum atomic E-state index is 10.4. The third-order valence-electron chi connectivity index (χ3n) is 2.54. The molecule has 2 aromatic carbocycles. The zero-order chi connectivity index (χ0) is 12.1. The molecule has 0 fully saturated rings. The van der Waals surface area contributed by atoms with Gasteiger partial charge in [-0.3, -0.25) is 4.79 Å². The lowest BCUT2D eigenvalue weighted by molar-refractivity contribution is -0.137. The Labute approximate surface area is 99.6 Å². The van der Waals surface area contributed by atoms with Crippen LogP contribution in [0.25, 0.3) is 10.8 Å². The molecule has 0 aliphatic carbocycles. The summed E-state index contributed by atoms with van der Waals surface area (Å²) in [5.74, 6) is 0.0278. The number of aliphatic carboxylic acids is 1. The summed E-state index contributed by atoms with van der Waals surface area (Å²) in [5, 5.41) is 10.7. The Hall–Kier alpha value is -2.03. The lowest BCUT2D eigenvalue weighted by Gasteiger charge is -2.08. The van der Waals surface area contributed by atoms with Crippen molar-refractivity contribution >= 4 is 16.7 Å². The predicted octanol–water partition coefficient (Wildman–Crippen LogP) is 3.08. The molecule has 0 bridgehead atoms. The number of hydrogen-bond acceptors (Lipinski definition) is 2. The van der Waals surface area contributed by atoms with Gasteiger partial charge in [0.05, 0.1) is 6.61 Å². The number of carboxylic acids is 1. The Morgan fingerprint density at radius 2 is 1.88 bits per heavy atom. The zero-order valence-corrected chi connectivity index (χ0v) is 9.43. The fourth-order valence-corrected chi connectivity index (χ4v) is 1.73. The molecule has 0 saturated heterocycles. The van der Waals surface area contributed by atoms with Gasteiger partial charge < -0.3 is 9.84 Å². The second kappa shape index (κ2) is 5.34. The Morgan fingerprint density at radius 3 is 2.71 bits per heavy atom. The number of fused-ring (bicyclic) bond motifs is 1. The molecule has 0 radical (unpaired) electrons. The van der Waals surface area contributed by atoms with Crippen molar-refractivity contribution < 1.29 is 14.6 Å². The van der Waals surface area contributed by atoms with Crippen LogP contribution in [0.4, 0.5) is 0 Å². The topological polar surface area (TPSA) is 46.5 Å². The van der Waals surface area contributed by atoms with E-state index < -0.39 is 5.97 Å². The standard InChI is InChI=1S/C14H14O3/c15-14(16)9-4-10-17-13-8-3-6-11-5-1-2-7-12(11)13/h1-3,5-8H,4,9-10H2,(H,15,16). The Balaban J connectivity index is 2.05. The van der Waals surface area contributed by atoms with E-state index in [0.717, 1.165) is 16.5 Å². The van der Waals surface area contributed by atoms with E-state index in [-0.39, 0.29) is 6.42 Å². The lowest BCUT2D eigenvalue weighted by atomic mass is 10.1. The highest BCUT2D eigenvalue weighted by Gasteiger charge is 2.01. The molecule has 88 valence electrons. The number of benzene rings is 2. The molecular formula is C14H14O3. The maximum Gasteiger partial charge on any atom is 0.303 e. The van der Waals surface area contributed by atoms with Crippen molar-refractivity contribution in [2.75, 3.05) is 6.61 Å². The van der Waals surface area contributed by atoms with Crippen LogP contribution < -0.4 is 4.74 Å². The third-order valence-corrected chi connectivity index (χ3v) is 2.54. The van der Waals surface area contributed by atoms with Gasteiger partial charge in [0.25, 0.3) is 0 Å². The fraction of sp³-hybridized carbons (Fsp3) is 0.214. The molecule has 17 heavy (non-hydrogen) atoms. The van der Waals surface area contributed by atoms with Crippen molar-refractivity contribution in [1.82, 2.24) is 0 Å². The number of carbonyl (C=O) groups is 1. The average Bonchev–Trinajstić information content (AvgIpc) is 2.34. The van der Waals surface area contributed by atoms with Gasteiger partial charge >= 0.3 is 5.97 Å². The highest BCUT2D eigenvalue weighted by molar-refractivity contribution is 5.88. The van der Waals surface area contributed by atoms with Gasteiger partial charge in [0, 0.05) is 11.8 Å². The minimum Gasteiger partial charge on any atom is -0.493 e. The van der Waals surface area contributed by atoms with Crippen LogP contribution in [-0.2, 0) is 4.79 Å². The van der Waals surface area contributed by atoms with Crippen molar-refractivity contribution in [2.45, 2.75) is 12.8 Å². The van der Waals surface area contributed by atoms with Gasteiger partial charge in [-0.1, -0.05) is 36.4 Å². The summed E-state index contributed by atoms with van der Waals surface area (Å²) >= 11 is 0. The molecule has 2 rings (SSSR count). The molecule has 3 heteroatoms. The van der Waals surface area contributed by atoms with E-state index in [9.17, 15) is 4.79 Å². The SMILES string of the molecule is O=C(O)CCCOc1cccc2ccccc12. The first-order valence-corrected chi connectivity index (χ1v) is 5.60. The van der Waals surface area contributed by atoms with Gasteiger partial charge in [-0.2, -0.15) is 0 Å². The van der Waals surface area contributed by atoms with Gasteiger partial charge in [-0.05, 0) is 17.9 Å². The van der Waals surface area contributed by atoms with Crippen molar-refractivity contribution in [2.24, 2.45) is 0 Å². The molecule has 0 unspecified atom stereocenters. The van der Waals surface area contributed by atoms with Crippen LogP contribution in [0.3, 0.4) is 0 Å². The molecular weight excluding hydrogens is 216 g/mol. The smallest absolute Gasteiger partial charge is 0.303 e. The van der Waals surface area contributed by atoms with Gasteiger partial charge in [-0.15, -0.1) is 0 Å². The molecule has 0 aliphatic rings. The molecule has 0 aromatic heterocycles. The highest BCUT2D eigenvalue weighted by Crippen LogP contribution is 2.25. The third kappa shape index (κ3) is 2.97.